The zero-order valence-electron chi connectivity index (χ0n) is 14.6. The molecule has 0 aliphatic heterocycles. The Kier molecular flexibility index (Phi) is 5.42. The van der Waals surface area contributed by atoms with Crippen molar-refractivity contribution in [1.82, 2.24) is 15.0 Å². The number of nitrogens with zero attached hydrogens (tertiary/aromatic N) is 3. The van der Waals surface area contributed by atoms with Gasteiger partial charge in [0, 0.05) is 5.56 Å². The van der Waals surface area contributed by atoms with Crippen LogP contribution in [0.25, 0.3) is 11.3 Å². The molecule has 1 aromatic heterocycles. The molecule has 1 heterocycles. The standard InChI is InChI=1S/C21H25N3/c1-3-4-6-11-20-21(19-14-12-17(2)13-15-19)24(23-22-20)16-18-9-7-5-8-10-18/h5,7-10,12-15H,3-4,6,11,16H2,1-2H3. The van der Waals surface area contributed by atoms with Crippen molar-refractivity contribution < 1.29 is 0 Å². The van der Waals surface area contributed by atoms with Crippen LogP contribution >= 0.6 is 0 Å². The van der Waals surface area contributed by atoms with Crippen LogP contribution in [0.1, 0.15) is 43.0 Å². The largest absolute Gasteiger partial charge is 0.240 e. The van der Waals surface area contributed by atoms with Gasteiger partial charge in [-0.05, 0) is 25.3 Å². The molecule has 2 aromatic carbocycles. The molecule has 0 atom stereocenters. The van der Waals surface area contributed by atoms with Crippen LogP contribution in [0.4, 0.5) is 0 Å². The predicted molar refractivity (Wildman–Crippen MR) is 99.0 cm³/mol. The van der Waals surface area contributed by atoms with Crippen molar-refractivity contribution in [2.45, 2.75) is 46.1 Å². The summed E-state index contributed by atoms with van der Waals surface area (Å²) in [5, 5.41) is 8.95. The van der Waals surface area contributed by atoms with E-state index in [-0.39, 0.29) is 0 Å². The molecular formula is C21H25N3. The molecule has 0 bridgehead atoms. The fraction of sp³-hybridized carbons (Fsp3) is 0.333. The third-order valence-electron chi connectivity index (χ3n) is 4.32. The number of aromatic nitrogens is 3. The Morgan fingerprint density at radius 3 is 2.38 bits per heavy atom. The Labute approximate surface area is 144 Å². The molecule has 0 amide bonds. The van der Waals surface area contributed by atoms with Gasteiger partial charge in [-0.1, -0.05) is 85.1 Å². The molecule has 3 nitrogen and oxygen atoms in total. The van der Waals surface area contributed by atoms with E-state index < -0.39 is 0 Å². The first-order chi connectivity index (χ1) is 11.8. The second kappa shape index (κ2) is 7.91. The molecular weight excluding hydrogens is 294 g/mol. The summed E-state index contributed by atoms with van der Waals surface area (Å²) in [5.74, 6) is 0. The highest BCUT2D eigenvalue weighted by atomic mass is 15.4. The van der Waals surface area contributed by atoms with Crippen LogP contribution in [-0.2, 0) is 13.0 Å². The van der Waals surface area contributed by atoms with E-state index in [9.17, 15) is 0 Å². The highest BCUT2D eigenvalue weighted by Crippen LogP contribution is 2.25. The Hall–Kier alpha value is -2.42. The maximum absolute atomic E-state index is 4.50. The molecule has 24 heavy (non-hydrogen) atoms. The lowest BCUT2D eigenvalue weighted by molar-refractivity contribution is 0.653. The SMILES string of the molecule is CCCCCc1nnn(Cc2ccccc2)c1-c1ccc(C)cc1. The summed E-state index contributed by atoms with van der Waals surface area (Å²) in [7, 11) is 0. The molecule has 0 unspecified atom stereocenters. The number of unbranched alkanes of at least 4 members (excludes halogenated alkanes) is 2. The fourth-order valence-corrected chi connectivity index (χ4v) is 2.95. The molecule has 3 heteroatoms. The van der Waals surface area contributed by atoms with Crippen LogP contribution in [0.15, 0.2) is 54.6 Å². The molecule has 3 rings (SSSR count). The molecule has 0 spiro atoms. The van der Waals surface area contributed by atoms with Crippen molar-refractivity contribution in [2.24, 2.45) is 0 Å². The summed E-state index contributed by atoms with van der Waals surface area (Å²) in [6, 6.07) is 19.1. The lowest BCUT2D eigenvalue weighted by Crippen LogP contribution is -2.04. The van der Waals surface area contributed by atoms with E-state index in [1.165, 1.54) is 36.0 Å². The topological polar surface area (TPSA) is 30.7 Å². The number of hydrogen-bond acceptors (Lipinski definition) is 2. The maximum Gasteiger partial charge on any atom is 0.0921 e. The average Bonchev–Trinajstić information content (AvgIpc) is 2.99. The summed E-state index contributed by atoms with van der Waals surface area (Å²) in [4.78, 5) is 0. The first-order valence-corrected chi connectivity index (χ1v) is 8.81. The average molecular weight is 319 g/mol. The molecule has 124 valence electrons. The van der Waals surface area contributed by atoms with E-state index in [1.54, 1.807) is 0 Å². The maximum atomic E-state index is 4.50. The van der Waals surface area contributed by atoms with Gasteiger partial charge >= 0.3 is 0 Å². The predicted octanol–water partition coefficient (Wildman–Crippen LogP) is 5.03. The van der Waals surface area contributed by atoms with E-state index in [1.807, 2.05) is 10.7 Å². The molecule has 0 saturated carbocycles. The van der Waals surface area contributed by atoms with Gasteiger partial charge in [-0.15, -0.1) is 5.10 Å². The molecule has 0 radical (unpaired) electrons. The van der Waals surface area contributed by atoms with E-state index in [4.69, 9.17) is 0 Å². The van der Waals surface area contributed by atoms with Gasteiger partial charge in [0.1, 0.15) is 0 Å². The summed E-state index contributed by atoms with van der Waals surface area (Å²) in [6.45, 7) is 5.10. The zero-order chi connectivity index (χ0) is 16.8. The fourth-order valence-electron chi connectivity index (χ4n) is 2.95. The molecule has 0 aliphatic carbocycles. The lowest BCUT2D eigenvalue weighted by Gasteiger charge is -2.09. The van der Waals surface area contributed by atoms with Crippen LogP contribution in [0.3, 0.4) is 0 Å². The van der Waals surface area contributed by atoms with Crippen LogP contribution in [0, 0.1) is 6.92 Å². The summed E-state index contributed by atoms with van der Waals surface area (Å²) >= 11 is 0. The van der Waals surface area contributed by atoms with Gasteiger partial charge in [0.2, 0.25) is 0 Å². The van der Waals surface area contributed by atoms with Gasteiger partial charge in [0.25, 0.3) is 0 Å². The summed E-state index contributed by atoms with van der Waals surface area (Å²) in [5.41, 5.74) is 6.00. The van der Waals surface area contributed by atoms with Crippen LogP contribution in [0.2, 0.25) is 0 Å². The first-order valence-electron chi connectivity index (χ1n) is 8.81. The second-order valence-corrected chi connectivity index (χ2v) is 6.35. The Bertz CT molecular complexity index is 758. The van der Waals surface area contributed by atoms with Crippen molar-refractivity contribution in [3.05, 3.63) is 71.4 Å². The van der Waals surface area contributed by atoms with E-state index in [0.29, 0.717) is 0 Å². The van der Waals surface area contributed by atoms with Gasteiger partial charge in [-0.3, -0.25) is 0 Å². The minimum absolute atomic E-state index is 0.755. The molecule has 0 saturated heterocycles. The van der Waals surface area contributed by atoms with Crippen LogP contribution in [0.5, 0.6) is 0 Å². The Morgan fingerprint density at radius 1 is 0.917 bits per heavy atom. The van der Waals surface area contributed by atoms with E-state index >= 15 is 0 Å². The van der Waals surface area contributed by atoms with Crippen molar-refractivity contribution in [2.75, 3.05) is 0 Å². The van der Waals surface area contributed by atoms with Crippen molar-refractivity contribution >= 4 is 0 Å². The van der Waals surface area contributed by atoms with Crippen molar-refractivity contribution in [1.29, 1.82) is 0 Å². The minimum atomic E-state index is 0.755. The van der Waals surface area contributed by atoms with E-state index in [2.05, 4.69) is 72.7 Å². The summed E-state index contributed by atoms with van der Waals surface area (Å²) in [6.07, 6.45) is 4.61. The monoisotopic (exact) mass is 319 g/mol. The molecule has 0 fully saturated rings. The van der Waals surface area contributed by atoms with Crippen LogP contribution < -0.4 is 0 Å². The number of benzene rings is 2. The molecule has 0 aliphatic rings. The zero-order valence-corrected chi connectivity index (χ0v) is 14.6. The van der Waals surface area contributed by atoms with Crippen molar-refractivity contribution in [3.63, 3.8) is 0 Å². The Balaban J connectivity index is 1.94. The highest BCUT2D eigenvalue weighted by Gasteiger charge is 2.15. The third kappa shape index (κ3) is 3.91. The minimum Gasteiger partial charge on any atom is -0.240 e. The quantitative estimate of drug-likeness (QED) is 0.572. The Morgan fingerprint density at radius 2 is 1.67 bits per heavy atom. The van der Waals surface area contributed by atoms with Gasteiger partial charge in [0.15, 0.2) is 0 Å². The molecule has 0 N–H and O–H groups in total. The van der Waals surface area contributed by atoms with E-state index in [0.717, 1.165) is 24.4 Å². The lowest BCUT2D eigenvalue weighted by atomic mass is 10.0. The van der Waals surface area contributed by atoms with Gasteiger partial charge in [-0.2, -0.15) is 0 Å². The normalized spacial score (nSPS) is 10.9. The third-order valence-corrected chi connectivity index (χ3v) is 4.32. The van der Waals surface area contributed by atoms with Crippen LogP contribution in [-0.4, -0.2) is 15.0 Å². The van der Waals surface area contributed by atoms with Gasteiger partial charge in [0.05, 0.1) is 17.9 Å². The van der Waals surface area contributed by atoms with Crippen molar-refractivity contribution in [3.8, 4) is 11.3 Å². The van der Waals surface area contributed by atoms with Gasteiger partial charge in [-0.25, -0.2) is 4.68 Å². The van der Waals surface area contributed by atoms with Gasteiger partial charge < -0.3 is 0 Å². The number of hydrogen-bond donors (Lipinski definition) is 0. The smallest absolute Gasteiger partial charge is 0.0921 e. The summed E-state index contributed by atoms with van der Waals surface area (Å²) < 4.78 is 2.04. The highest BCUT2D eigenvalue weighted by molar-refractivity contribution is 5.62. The number of aryl methyl sites for hydroxylation is 2. The second-order valence-electron chi connectivity index (χ2n) is 6.35. The first kappa shape index (κ1) is 16.4. The molecule has 3 aromatic rings. The number of rotatable bonds is 7.